The lowest BCUT2D eigenvalue weighted by molar-refractivity contribution is 0.775. The Balaban J connectivity index is 2.03. The van der Waals surface area contributed by atoms with Gasteiger partial charge in [0, 0.05) is 20.6 Å². The maximum Gasteiger partial charge on any atom is 0.143 e. The van der Waals surface area contributed by atoms with Crippen LogP contribution in [-0.2, 0) is 0 Å². The molecule has 0 amide bonds. The summed E-state index contributed by atoms with van der Waals surface area (Å²) in [6, 6.07) is 12.8. The molecule has 2 N–H and O–H groups in total. The van der Waals surface area contributed by atoms with E-state index in [1.165, 1.54) is 18.4 Å². The summed E-state index contributed by atoms with van der Waals surface area (Å²) in [5, 5.41) is 0. The number of hydrogen-bond donors (Lipinski definition) is 1. The fourth-order valence-electron chi connectivity index (χ4n) is 2.70. The first-order chi connectivity index (χ1) is 10.1. The van der Waals surface area contributed by atoms with Crippen LogP contribution in [-0.4, -0.2) is 9.55 Å². The monoisotopic (exact) mass is 405 g/mol. The second-order valence-corrected chi connectivity index (χ2v) is 7.14. The summed E-state index contributed by atoms with van der Waals surface area (Å²) in [7, 11) is 0. The minimum Gasteiger partial charge on any atom is -0.397 e. The molecular formula is C16H13Br2N3. The fraction of sp³-hybridized carbons (Fsp3) is 0.188. The summed E-state index contributed by atoms with van der Waals surface area (Å²) in [5.74, 6) is 0.962. The molecule has 3 nitrogen and oxygen atoms in total. The first kappa shape index (κ1) is 13.3. The van der Waals surface area contributed by atoms with Crippen LogP contribution >= 0.6 is 31.9 Å². The van der Waals surface area contributed by atoms with E-state index < -0.39 is 0 Å². The van der Waals surface area contributed by atoms with E-state index in [-0.39, 0.29) is 0 Å². The van der Waals surface area contributed by atoms with Gasteiger partial charge >= 0.3 is 0 Å². The average molecular weight is 407 g/mol. The summed E-state index contributed by atoms with van der Waals surface area (Å²) in [6.45, 7) is 0. The van der Waals surface area contributed by atoms with Crippen LogP contribution < -0.4 is 5.73 Å². The van der Waals surface area contributed by atoms with Crippen LogP contribution in [0.2, 0.25) is 0 Å². The quantitative estimate of drug-likeness (QED) is 0.598. The number of hydrogen-bond acceptors (Lipinski definition) is 2. The van der Waals surface area contributed by atoms with Gasteiger partial charge in [0.1, 0.15) is 5.82 Å². The first-order valence-electron chi connectivity index (χ1n) is 6.87. The van der Waals surface area contributed by atoms with E-state index in [1.54, 1.807) is 0 Å². The number of nitrogen functional groups attached to an aromatic ring is 1. The minimum absolute atomic E-state index is 0.546. The molecule has 4 rings (SSSR count). The highest BCUT2D eigenvalue weighted by Gasteiger charge is 2.29. The van der Waals surface area contributed by atoms with Crippen LogP contribution in [0.5, 0.6) is 0 Å². The van der Waals surface area contributed by atoms with Crippen molar-refractivity contribution in [2.24, 2.45) is 0 Å². The number of benzene rings is 2. The van der Waals surface area contributed by atoms with Crippen molar-refractivity contribution in [1.29, 1.82) is 0 Å². The number of aromatic nitrogens is 2. The molecule has 1 fully saturated rings. The number of para-hydroxylation sites is 1. The number of halogens is 2. The van der Waals surface area contributed by atoms with Crippen molar-refractivity contribution in [3.8, 4) is 11.4 Å². The second kappa shape index (κ2) is 4.85. The Morgan fingerprint density at radius 2 is 1.95 bits per heavy atom. The van der Waals surface area contributed by atoms with Crippen LogP contribution in [0.15, 0.2) is 45.3 Å². The van der Waals surface area contributed by atoms with Gasteiger partial charge in [0.15, 0.2) is 0 Å². The summed E-state index contributed by atoms with van der Waals surface area (Å²) >= 11 is 7.03. The predicted molar refractivity (Wildman–Crippen MR) is 93.3 cm³/mol. The summed E-state index contributed by atoms with van der Waals surface area (Å²) in [4.78, 5) is 4.84. The number of imidazole rings is 1. The van der Waals surface area contributed by atoms with Crippen molar-refractivity contribution < 1.29 is 0 Å². The Labute approximate surface area is 139 Å². The molecule has 0 radical (unpaired) electrons. The third-order valence-corrected chi connectivity index (χ3v) is 5.04. The molecule has 0 bridgehead atoms. The Morgan fingerprint density at radius 3 is 2.71 bits per heavy atom. The van der Waals surface area contributed by atoms with Crippen LogP contribution in [0.3, 0.4) is 0 Å². The highest BCUT2D eigenvalue weighted by Crippen LogP contribution is 2.43. The van der Waals surface area contributed by atoms with E-state index in [1.807, 2.05) is 18.2 Å². The van der Waals surface area contributed by atoms with E-state index in [2.05, 4.69) is 54.6 Å². The largest absolute Gasteiger partial charge is 0.397 e. The molecule has 0 saturated heterocycles. The van der Waals surface area contributed by atoms with E-state index in [9.17, 15) is 0 Å². The molecule has 3 aromatic rings. The van der Waals surface area contributed by atoms with Crippen molar-refractivity contribution >= 4 is 48.6 Å². The number of nitrogens with two attached hydrogens (primary N) is 1. The highest BCUT2D eigenvalue weighted by molar-refractivity contribution is 9.10. The Kier molecular flexibility index (Phi) is 3.08. The van der Waals surface area contributed by atoms with Crippen molar-refractivity contribution in [2.45, 2.75) is 18.9 Å². The zero-order valence-electron chi connectivity index (χ0n) is 11.2. The topological polar surface area (TPSA) is 43.8 Å². The van der Waals surface area contributed by atoms with Crippen LogP contribution in [0.25, 0.3) is 22.4 Å². The second-order valence-electron chi connectivity index (χ2n) is 5.37. The van der Waals surface area contributed by atoms with Gasteiger partial charge in [-0.25, -0.2) is 4.98 Å². The van der Waals surface area contributed by atoms with Crippen molar-refractivity contribution in [2.75, 3.05) is 5.73 Å². The van der Waals surface area contributed by atoms with Crippen LogP contribution in [0.1, 0.15) is 18.9 Å². The lowest BCUT2D eigenvalue weighted by Gasteiger charge is -2.10. The molecule has 2 aromatic carbocycles. The summed E-state index contributed by atoms with van der Waals surface area (Å²) in [5.41, 5.74) is 10.2. The minimum atomic E-state index is 0.546. The lowest BCUT2D eigenvalue weighted by Crippen LogP contribution is -2.00. The third kappa shape index (κ3) is 2.19. The van der Waals surface area contributed by atoms with Gasteiger partial charge in [-0.3, -0.25) is 0 Å². The SMILES string of the molecule is Nc1c(Br)cccc1-c1nc2cc(Br)ccc2n1C1CC1. The third-order valence-electron chi connectivity index (χ3n) is 3.86. The van der Waals surface area contributed by atoms with Gasteiger partial charge in [0.2, 0.25) is 0 Å². The number of fused-ring (bicyclic) bond motifs is 1. The van der Waals surface area contributed by atoms with E-state index in [0.717, 1.165) is 31.5 Å². The summed E-state index contributed by atoms with van der Waals surface area (Å²) < 4.78 is 4.29. The van der Waals surface area contributed by atoms with E-state index >= 15 is 0 Å². The number of rotatable bonds is 2. The fourth-order valence-corrected chi connectivity index (χ4v) is 3.41. The van der Waals surface area contributed by atoms with Gasteiger partial charge < -0.3 is 10.3 Å². The Hall–Kier alpha value is -1.33. The number of nitrogens with zero attached hydrogens (tertiary/aromatic N) is 2. The van der Waals surface area contributed by atoms with Gasteiger partial charge in [-0.2, -0.15) is 0 Å². The van der Waals surface area contributed by atoms with Crippen LogP contribution in [0.4, 0.5) is 5.69 Å². The van der Waals surface area contributed by atoms with Crippen molar-refractivity contribution in [3.63, 3.8) is 0 Å². The summed E-state index contributed by atoms with van der Waals surface area (Å²) in [6.07, 6.45) is 2.42. The molecular weight excluding hydrogens is 394 g/mol. The molecule has 1 aliphatic carbocycles. The average Bonchev–Trinajstić information content (AvgIpc) is 3.23. The molecule has 1 aromatic heterocycles. The maximum absolute atomic E-state index is 6.25. The van der Waals surface area contributed by atoms with Gasteiger partial charge in [0.05, 0.1) is 16.7 Å². The Morgan fingerprint density at radius 1 is 1.14 bits per heavy atom. The number of anilines is 1. The molecule has 1 heterocycles. The van der Waals surface area contributed by atoms with Crippen molar-refractivity contribution in [3.05, 3.63) is 45.3 Å². The molecule has 5 heteroatoms. The Bertz CT molecular complexity index is 850. The smallest absolute Gasteiger partial charge is 0.143 e. The van der Waals surface area contributed by atoms with E-state index in [4.69, 9.17) is 10.7 Å². The van der Waals surface area contributed by atoms with Gasteiger partial charge in [-0.05, 0) is 59.1 Å². The van der Waals surface area contributed by atoms with Gasteiger partial charge in [-0.1, -0.05) is 22.0 Å². The standard InChI is InChI=1S/C16H13Br2N3/c17-9-4-7-14-13(8-9)20-16(21(14)10-5-6-10)11-2-1-3-12(18)15(11)19/h1-4,7-8,10H,5-6,19H2. The zero-order valence-corrected chi connectivity index (χ0v) is 14.4. The molecule has 0 atom stereocenters. The van der Waals surface area contributed by atoms with Crippen molar-refractivity contribution in [1.82, 2.24) is 9.55 Å². The maximum atomic E-state index is 6.25. The molecule has 106 valence electrons. The molecule has 1 saturated carbocycles. The normalized spacial score (nSPS) is 14.8. The molecule has 0 spiro atoms. The lowest BCUT2D eigenvalue weighted by atomic mass is 10.1. The molecule has 1 aliphatic rings. The van der Waals surface area contributed by atoms with E-state index in [0.29, 0.717) is 6.04 Å². The zero-order chi connectivity index (χ0) is 14.6. The molecule has 21 heavy (non-hydrogen) atoms. The van der Waals surface area contributed by atoms with Gasteiger partial charge in [-0.15, -0.1) is 0 Å². The molecule has 0 aliphatic heterocycles. The predicted octanol–water partition coefficient (Wildman–Crippen LogP) is 5.15. The van der Waals surface area contributed by atoms with Crippen LogP contribution in [0, 0.1) is 0 Å². The van der Waals surface area contributed by atoms with Gasteiger partial charge in [0.25, 0.3) is 0 Å². The highest BCUT2D eigenvalue weighted by atomic mass is 79.9. The first-order valence-corrected chi connectivity index (χ1v) is 8.45. The molecule has 0 unspecified atom stereocenters.